The number of aliphatic hydroxyl groups excluding tert-OH is 1. The third kappa shape index (κ3) is 1.85. The lowest BCUT2D eigenvalue weighted by atomic mass is 10.4. The van der Waals surface area contributed by atoms with Crippen LogP contribution < -0.4 is 0 Å². The Labute approximate surface area is 70.4 Å². The van der Waals surface area contributed by atoms with Gasteiger partial charge in [0.15, 0.2) is 0 Å². The summed E-state index contributed by atoms with van der Waals surface area (Å²) in [7, 11) is 1.34. The molecule has 0 aromatic carbocycles. The van der Waals surface area contributed by atoms with E-state index in [4.69, 9.17) is 5.11 Å². The van der Waals surface area contributed by atoms with E-state index >= 15 is 0 Å². The van der Waals surface area contributed by atoms with Gasteiger partial charge in [0.1, 0.15) is 6.54 Å². The number of hydrogen-bond acceptors (Lipinski definition) is 3. The first-order valence-electron chi connectivity index (χ1n) is 3.59. The van der Waals surface area contributed by atoms with E-state index in [1.54, 1.807) is 22.9 Å². The number of aliphatic hydroxyl groups is 1. The van der Waals surface area contributed by atoms with Crippen molar-refractivity contribution in [3.05, 3.63) is 24.0 Å². The predicted molar refractivity (Wildman–Crippen MR) is 42.4 cm³/mol. The van der Waals surface area contributed by atoms with E-state index < -0.39 is 0 Å². The first-order chi connectivity index (χ1) is 5.77. The largest absolute Gasteiger partial charge is 0.468 e. The zero-order chi connectivity index (χ0) is 8.97. The smallest absolute Gasteiger partial charge is 0.325 e. The van der Waals surface area contributed by atoms with Gasteiger partial charge in [-0.25, -0.2) is 0 Å². The second-order valence-electron chi connectivity index (χ2n) is 2.36. The van der Waals surface area contributed by atoms with Gasteiger partial charge >= 0.3 is 5.97 Å². The topological polar surface area (TPSA) is 51.5 Å². The number of methoxy groups -OCH3 is 1. The normalized spacial score (nSPS) is 9.83. The molecular weight excluding hydrogens is 158 g/mol. The van der Waals surface area contributed by atoms with Crippen LogP contribution in [0.5, 0.6) is 0 Å². The fraction of sp³-hybridized carbons (Fsp3) is 0.375. The van der Waals surface area contributed by atoms with Crippen LogP contribution >= 0.6 is 0 Å². The molecule has 1 rings (SSSR count). The van der Waals surface area contributed by atoms with Gasteiger partial charge in [-0.1, -0.05) is 0 Å². The molecule has 0 bridgehead atoms. The standard InChI is InChI=1S/C8H11NO3/c1-12-8(11)5-9-4-2-3-7(9)6-10/h2-4,10H,5-6H2,1H3. The Morgan fingerprint density at radius 2 is 2.50 bits per heavy atom. The van der Waals surface area contributed by atoms with Crippen molar-refractivity contribution < 1.29 is 14.6 Å². The molecule has 0 saturated heterocycles. The molecule has 0 aliphatic heterocycles. The number of ether oxygens (including phenoxy) is 1. The molecule has 0 aliphatic rings. The molecule has 4 nitrogen and oxygen atoms in total. The van der Waals surface area contributed by atoms with Crippen LogP contribution in [0.1, 0.15) is 5.69 Å². The zero-order valence-electron chi connectivity index (χ0n) is 6.86. The summed E-state index contributed by atoms with van der Waals surface area (Å²) in [5.41, 5.74) is 0.709. The average Bonchev–Trinajstić information content (AvgIpc) is 2.51. The van der Waals surface area contributed by atoms with Crippen molar-refractivity contribution in [1.29, 1.82) is 0 Å². The lowest BCUT2D eigenvalue weighted by Crippen LogP contribution is -2.12. The van der Waals surface area contributed by atoms with E-state index in [1.165, 1.54) is 7.11 Å². The molecule has 1 aromatic heterocycles. The van der Waals surface area contributed by atoms with E-state index in [1.807, 2.05) is 0 Å². The van der Waals surface area contributed by atoms with Crippen molar-refractivity contribution in [3.8, 4) is 0 Å². The second-order valence-corrected chi connectivity index (χ2v) is 2.36. The third-order valence-corrected chi connectivity index (χ3v) is 1.61. The van der Waals surface area contributed by atoms with Gasteiger partial charge in [0, 0.05) is 11.9 Å². The monoisotopic (exact) mass is 169 g/mol. The van der Waals surface area contributed by atoms with Crippen molar-refractivity contribution in [2.75, 3.05) is 7.11 Å². The average molecular weight is 169 g/mol. The molecule has 1 aromatic rings. The molecule has 0 atom stereocenters. The summed E-state index contributed by atoms with van der Waals surface area (Å²) in [5.74, 6) is -0.319. The van der Waals surface area contributed by atoms with Crippen molar-refractivity contribution in [1.82, 2.24) is 4.57 Å². The van der Waals surface area contributed by atoms with Crippen LogP contribution in [0.4, 0.5) is 0 Å². The molecule has 0 saturated carbocycles. The molecule has 4 heteroatoms. The van der Waals surface area contributed by atoms with Crippen LogP contribution in [0.3, 0.4) is 0 Å². The van der Waals surface area contributed by atoms with E-state index in [2.05, 4.69) is 4.74 Å². The Morgan fingerprint density at radius 1 is 1.75 bits per heavy atom. The van der Waals surface area contributed by atoms with Crippen LogP contribution in [0.25, 0.3) is 0 Å². The van der Waals surface area contributed by atoms with Crippen molar-refractivity contribution >= 4 is 5.97 Å². The Kier molecular flexibility index (Phi) is 2.88. The van der Waals surface area contributed by atoms with Gasteiger partial charge < -0.3 is 14.4 Å². The summed E-state index contributed by atoms with van der Waals surface area (Å²) in [6.45, 7) is 0.0867. The van der Waals surface area contributed by atoms with Gasteiger partial charge in [0.05, 0.1) is 13.7 Å². The molecule has 0 unspecified atom stereocenters. The van der Waals surface area contributed by atoms with Crippen molar-refractivity contribution in [2.24, 2.45) is 0 Å². The van der Waals surface area contributed by atoms with E-state index in [-0.39, 0.29) is 19.1 Å². The Balaban J connectivity index is 2.68. The van der Waals surface area contributed by atoms with Gasteiger partial charge in [0.25, 0.3) is 0 Å². The van der Waals surface area contributed by atoms with Gasteiger partial charge in [-0.2, -0.15) is 0 Å². The summed E-state index contributed by atoms with van der Waals surface area (Å²) in [5, 5.41) is 8.82. The third-order valence-electron chi connectivity index (χ3n) is 1.61. The summed E-state index contributed by atoms with van der Waals surface area (Å²) in [4.78, 5) is 10.8. The van der Waals surface area contributed by atoms with Gasteiger partial charge in [-0.05, 0) is 12.1 Å². The first-order valence-corrected chi connectivity index (χ1v) is 3.59. The summed E-state index contributed by atoms with van der Waals surface area (Å²) >= 11 is 0. The molecule has 0 amide bonds. The summed E-state index contributed by atoms with van der Waals surface area (Å²) < 4.78 is 6.13. The fourth-order valence-electron chi connectivity index (χ4n) is 0.951. The van der Waals surface area contributed by atoms with Crippen LogP contribution in [-0.4, -0.2) is 22.8 Å². The molecule has 12 heavy (non-hydrogen) atoms. The highest BCUT2D eigenvalue weighted by atomic mass is 16.5. The second kappa shape index (κ2) is 3.92. The number of carbonyl (C=O) groups is 1. The molecule has 66 valence electrons. The fourth-order valence-corrected chi connectivity index (χ4v) is 0.951. The number of nitrogens with zero attached hydrogens (tertiary/aromatic N) is 1. The first kappa shape index (κ1) is 8.80. The Morgan fingerprint density at radius 3 is 3.08 bits per heavy atom. The van der Waals surface area contributed by atoms with Crippen LogP contribution in [-0.2, 0) is 22.7 Å². The number of rotatable bonds is 3. The number of aromatic nitrogens is 1. The van der Waals surface area contributed by atoms with Crippen LogP contribution in [0.2, 0.25) is 0 Å². The zero-order valence-corrected chi connectivity index (χ0v) is 6.86. The Hall–Kier alpha value is -1.29. The van der Waals surface area contributed by atoms with Crippen molar-refractivity contribution in [3.63, 3.8) is 0 Å². The lowest BCUT2D eigenvalue weighted by Gasteiger charge is -2.04. The van der Waals surface area contributed by atoms with Crippen molar-refractivity contribution in [2.45, 2.75) is 13.2 Å². The highest BCUT2D eigenvalue weighted by Gasteiger charge is 2.04. The summed E-state index contributed by atoms with van der Waals surface area (Å²) in [6.07, 6.45) is 1.72. The molecule has 1 heterocycles. The number of carbonyl (C=O) groups excluding carboxylic acids is 1. The molecular formula is C8H11NO3. The summed E-state index contributed by atoms with van der Waals surface area (Å²) in [6, 6.07) is 3.53. The van der Waals surface area contributed by atoms with Gasteiger partial charge in [-0.3, -0.25) is 4.79 Å². The molecule has 0 radical (unpaired) electrons. The lowest BCUT2D eigenvalue weighted by molar-refractivity contribution is -0.141. The molecule has 0 fully saturated rings. The maximum absolute atomic E-state index is 10.8. The minimum atomic E-state index is -0.319. The molecule has 1 N–H and O–H groups in total. The van der Waals surface area contributed by atoms with E-state index in [9.17, 15) is 4.79 Å². The highest BCUT2D eigenvalue weighted by Crippen LogP contribution is 2.01. The number of hydrogen-bond donors (Lipinski definition) is 1. The molecule has 0 spiro atoms. The van der Waals surface area contributed by atoms with Crippen LogP contribution in [0, 0.1) is 0 Å². The predicted octanol–water partition coefficient (Wildman–Crippen LogP) is 0.153. The maximum atomic E-state index is 10.8. The quantitative estimate of drug-likeness (QED) is 0.655. The Bertz CT molecular complexity index is 267. The van der Waals surface area contributed by atoms with Gasteiger partial charge in [-0.15, -0.1) is 0 Å². The molecule has 0 aliphatic carbocycles. The van der Waals surface area contributed by atoms with Crippen LogP contribution in [0.15, 0.2) is 18.3 Å². The number of esters is 1. The minimum absolute atomic E-state index is 0.0655. The minimum Gasteiger partial charge on any atom is -0.468 e. The van der Waals surface area contributed by atoms with Gasteiger partial charge in [0.2, 0.25) is 0 Å². The van der Waals surface area contributed by atoms with E-state index in [0.717, 1.165) is 0 Å². The highest BCUT2D eigenvalue weighted by molar-refractivity contribution is 5.69. The maximum Gasteiger partial charge on any atom is 0.325 e. The van der Waals surface area contributed by atoms with E-state index in [0.29, 0.717) is 5.69 Å². The SMILES string of the molecule is COC(=O)Cn1cccc1CO.